The zero-order valence-corrected chi connectivity index (χ0v) is 21.1. The molecular weight excluding hydrogens is 443 g/mol. The minimum absolute atomic E-state index is 0.0621. The predicted molar refractivity (Wildman–Crippen MR) is 138 cm³/mol. The van der Waals surface area contributed by atoms with E-state index in [9.17, 15) is 14.3 Å². The van der Waals surface area contributed by atoms with Gasteiger partial charge in [0.05, 0.1) is 11.3 Å². The summed E-state index contributed by atoms with van der Waals surface area (Å²) in [5.41, 5.74) is 1.28. The lowest BCUT2D eigenvalue weighted by atomic mass is 9.77. The maximum atomic E-state index is 14.9. The number of carbonyl (C=O) groups is 1. The molecule has 1 aliphatic carbocycles. The topological polar surface area (TPSA) is 78.4 Å². The molecule has 0 unspecified atom stereocenters. The molecule has 0 bridgehead atoms. The molecule has 0 radical (unpaired) electrons. The number of amides is 1. The maximum Gasteiger partial charge on any atom is 0.254 e. The molecule has 4 rings (SSSR count). The van der Waals surface area contributed by atoms with Crippen molar-refractivity contribution in [2.24, 2.45) is 5.41 Å². The number of nitrogens with zero attached hydrogens (tertiary/aromatic N) is 3. The van der Waals surface area contributed by atoms with Crippen LogP contribution >= 0.6 is 0 Å². The highest BCUT2D eigenvalue weighted by Crippen LogP contribution is 2.41. The van der Waals surface area contributed by atoms with Gasteiger partial charge in [-0.25, -0.2) is 4.39 Å². The molecule has 35 heavy (non-hydrogen) atoms. The van der Waals surface area contributed by atoms with Gasteiger partial charge in [-0.05, 0) is 66.8 Å². The Balaban J connectivity index is 1.60. The molecule has 1 amide bonds. The summed E-state index contributed by atoms with van der Waals surface area (Å²) < 4.78 is 14.9. The summed E-state index contributed by atoms with van der Waals surface area (Å²) in [6, 6.07) is 10.3. The first-order valence-corrected chi connectivity index (χ1v) is 12.5. The Bertz CT molecular complexity index is 1210. The number of phenolic OH excluding ortho intramolecular Hbond substituents is 1. The van der Waals surface area contributed by atoms with Crippen molar-refractivity contribution < 1.29 is 14.3 Å². The minimum atomic E-state index is -0.662. The van der Waals surface area contributed by atoms with Crippen LogP contribution in [-0.4, -0.2) is 41.3 Å². The van der Waals surface area contributed by atoms with E-state index >= 15 is 0 Å². The first kappa shape index (κ1) is 24.9. The third kappa shape index (κ3) is 5.09. The van der Waals surface area contributed by atoms with Crippen molar-refractivity contribution in [2.75, 3.05) is 19.0 Å². The minimum Gasteiger partial charge on any atom is -0.507 e. The second-order valence-electron chi connectivity index (χ2n) is 10.1. The van der Waals surface area contributed by atoms with E-state index in [1.807, 2.05) is 12.1 Å². The Morgan fingerprint density at radius 2 is 2.03 bits per heavy atom. The number of aromatic hydroxyl groups is 1. The van der Waals surface area contributed by atoms with Crippen LogP contribution in [0.4, 0.5) is 10.2 Å². The van der Waals surface area contributed by atoms with Crippen molar-refractivity contribution in [3.05, 3.63) is 47.8 Å². The third-order valence-electron chi connectivity index (χ3n) is 7.53. The van der Waals surface area contributed by atoms with Crippen LogP contribution in [0.3, 0.4) is 0 Å². The van der Waals surface area contributed by atoms with E-state index in [-0.39, 0.29) is 16.7 Å². The van der Waals surface area contributed by atoms with Crippen molar-refractivity contribution in [3.8, 4) is 17.0 Å². The van der Waals surface area contributed by atoms with Crippen LogP contribution in [0, 0.1) is 11.2 Å². The first-order chi connectivity index (χ1) is 16.8. The summed E-state index contributed by atoms with van der Waals surface area (Å²) in [6.45, 7) is 4.68. The number of benzene rings is 2. The highest BCUT2D eigenvalue weighted by molar-refractivity contribution is 6.00. The van der Waals surface area contributed by atoms with Crippen LogP contribution in [0.2, 0.25) is 0 Å². The van der Waals surface area contributed by atoms with E-state index in [4.69, 9.17) is 0 Å². The second-order valence-corrected chi connectivity index (χ2v) is 10.1. The van der Waals surface area contributed by atoms with Crippen LogP contribution in [-0.2, 0) is 0 Å². The van der Waals surface area contributed by atoms with Crippen molar-refractivity contribution in [3.63, 3.8) is 0 Å². The molecule has 6 nitrogen and oxygen atoms in total. The van der Waals surface area contributed by atoms with Crippen LogP contribution in [0.5, 0.6) is 5.75 Å². The van der Waals surface area contributed by atoms with E-state index in [1.165, 1.54) is 51.3 Å². The monoisotopic (exact) mass is 478 g/mol. The Labute approximate surface area is 206 Å². The lowest BCUT2D eigenvalue weighted by Gasteiger charge is -2.35. The Morgan fingerprint density at radius 3 is 2.71 bits per heavy atom. The molecule has 7 heteroatoms. The smallest absolute Gasteiger partial charge is 0.254 e. The lowest BCUT2D eigenvalue weighted by molar-refractivity contribution is 0.0959. The van der Waals surface area contributed by atoms with Crippen molar-refractivity contribution >= 4 is 22.5 Å². The number of nitrogens with one attached hydrogen (secondary N) is 1. The SMILES string of the molecule is CCC[C@]1(C)CCCC[C@H](N(C)c2ccc(-c3cc4ccc(C(=O)NC)c(F)c4cc3O)nn2)C1. The largest absolute Gasteiger partial charge is 0.507 e. The second kappa shape index (κ2) is 10.2. The average molecular weight is 479 g/mol. The highest BCUT2D eigenvalue weighted by Gasteiger charge is 2.32. The zero-order chi connectivity index (χ0) is 25.2. The normalized spacial score (nSPS) is 20.4. The van der Waals surface area contributed by atoms with E-state index in [0.717, 1.165) is 18.7 Å². The fraction of sp³-hybridized carbons (Fsp3) is 0.464. The Kier molecular flexibility index (Phi) is 7.24. The molecule has 2 atom stereocenters. The number of hydrogen-bond donors (Lipinski definition) is 2. The summed E-state index contributed by atoms with van der Waals surface area (Å²) in [4.78, 5) is 14.1. The summed E-state index contributed by atoms with van der Waals surface area (Å²) in [7, 11) is 3.54. The zero-order valence-electron chi connectivity index (χ0n) is 21.1. The molecule has 1 aliphatic rings. The number of anilines is 1. The van der Waals surface area contributed by atoms with Gasteiger partial charge in [-0.1, -0.05) is 39.2 Å². The van der Waals surface area contributed by atoms with Crippen molar-refractivity contribution in [1.29, 1.82) is 0 Å². The molecular formula is C28H35FN4O2. The molecule has 3 aromatic rings. The highest BCUT2D eigenvalue weighted by atomic mass is 19.1. The van der Waals surface area contributed by atoms with Crippen LogP contribution in [0.25, 0.3) is 22.0 Å². The number of carbonyl (C=O) groups excluding carboxylic acids is 1. The summed E-state index contributed by atoms with van der Waals surface area (Å²) >= 11 is 0. The van der Waals surface area contributed by atoms with E-state index in [2.05, 4.69) is 41.3 Å². The third-order valence-corrected chi connectivity index (χ3v) is 7.53. The molecule has 2 aromatic carbocycles. The van der Waals surface area contributed by atoms with E-state index in [1.54, 1.807) is 12.1 Å². The fourth-order valence-electron chi connectivity index (χ4n) is 5.55. The number of halogens is 1. The average Bonchev–Trinajstić information content (AvgIpc) is 3.05. The predicted octanol–water partition coefficient (Wildman–Crippen LogP) is 6.08. The van der Waals surface area contributed by atoms with Gasteiger partial charge in [0, 0.05) is 31.1 Å². The number of hydrogen-bond acceptors (Lipinski definition) is 5. The fourth-order valence-corrected chi connectivity index (χ4v) is 5.55. The van der Waals surface area contributed by atoms with Gasteiger partial charge in [-0.15, -0.1) is 10.2 Å². The quantitative estimate of drug-likeness (QED) is 0.420. The van der Waals surface area contributed by atoms with Crippen LogP contribution < -0.4 is 10.2 Å². The molecule has 1 aromatic heterocycles. The molecule has 0 spiro atoms. The summed E-state index contributed by atoms with van der Waals surface area (Å²) in [5.74, 6) is -0.478. The summed E-state index contributed by atoms with van der Waals surface area (Å²) in [6.07, 6.45) is 8.52. The van der Waals surface area contributed by atoms with Gasteiger partial charge in [0.1, 0.15) is 11.6 Å². The van der Waals surface area contributed by atoms with E-state index in [0.29, 0.717) is 28.1 Å². The Morgan fingerprint density at radius 1 is 1.23 bits per heavy atom. The molecule has 186 valence electrons. The van der Waals surface area contributed by atoms with Gasteiger partial charge in [0.15, 0.2) is 5.82 Å². The van der Waals surface area contributed by atoms with Crippen molar-refractivity contribution in [2.45, 2.75) is 64.8 Å². The van der Waals surface area contributed by atoms with Gasteiger partial charge in [-0.3, -0.25) is 4.79 Å². The number of aromatic nitrogens is 2. The Hall–Kier alpha value is -3.22. The molecule has 1 saturated carbocycles. The van der Waals surface area contributed by atoms with Gasteiger partial charge in [-0.2, -0.15) is 0 Å². The van der Waals surface area contributed by atoms with Crippen LogP contribution in [0.1, 0.15) is 69.2 Å². The molecule has 2 N–H and O–H groups in total. The maximum absolute atomic E-state index is 14.9. The van der Waals surface area contributed by atoms with Crippen molar-refractivity contribution in [1.82, 2.24) is 15.5 Å². The molecule has 1 fully saturated rings. The number of fused-ring (bicyclic) bond motifs is 1. The van der Waals surface area contributed by atoms with Crippen LogP contribution in [0.15, 0.2) is 36.4 Å². The number of phenols is 1. The van der Waals surface area contributed by atoms with Gasteiger partial charge < -0.3 is 15.3 Å². The van der Waals surface area contributed by atoms with E-state index < -0.39 is 11.7 Å². The van der Waals surface area contributed by atoms with Gasteiger partial charge in [0.25, 0.3) is 5.91 Å². The molecule has 1 heterocycles. The lowest BCUT2D eigenvalue weighted by Crippen LogP contribution is -2.36. The standard InChI is InChI=1S/C28H35FN4O2/c1-5-13-28(2)14-7-6-8-19(17-28)33(4)25-12-11-23(31-32-25)22-15-18-9-10-20(27(35)30-3)26(29)21(18)16-24(22)34/h9-12,15-16,19,34H,5-8,13-14,17H2,1-4H3,(H,30,35)/t19-,28+/m0/s1. The first-order valence-electron chi connectivity index (χ1n) is 12.5. The molecule has 0 aliphatic heterocycles. The van der Waals surface area contributed by atoms with Gasteiger partial charge in [0.2, 0.25) is 0 Å². The summed E-state index contributed by atoms with van der Waals surface area (Å²) in [5, 5.41) is 22.7. The van der Waals surface area contributed by atoms with Gasteiger partial charge >= 0.3 is 0 Å². The number of rotatable bonds is 6. The molecule has 0 saturated heterocycles.